The predicted octanol–water partition coefficient (Wildman–Crippen LogP) is 3.97. The predicted molar refractivity (Wildman–Crippen MR) is 87.3 cm³/mol. The fraction of sp³-hybridized carbons (Fsp3) is 0.125. The van der Waals surface area contributed by atoms with Crippen LogP contribution in [0.15, 0.2) is 41.8 Å². The van der Waals surface area contributed by atoms with E-state index in [1.165, 1.54) is 0 Å². The Morgan fingerprint density at radius 3 is 2.73 bits per heavy atom. The van der Waals surface area contributed by atoms with Gasteiger partial charge < -0.3 is 4.90 Å². The smallest absolute Gasteiger partial charge is 0.272 e. The van der Waals surface area contributed by atoms with Crippen molar-refractivity contribution in [1.82, 2.24) is 15.1 Å². The normalized spacial score (nSPS) is 17.1. The summed E-state index contributed by atoms with van der Waals surface area (Å²) in [5.74, 6) is -0.0267. The van der Waals surface area contributed by atoms with Crippen molar-refractivity contribution in [2.45, 2.75) is 6.04 Å². The van der Waals surface area contributed by atoms with Crippen molar-refractivity contribution in [3.8, 4) is 11.3 Å². The number of hydrogen-bond donors (Lipinski definition) is 1. The monoisotopic (exact) mass is 329 g/mol. The van der Waals surface area contributed by atoms with Crippen molar-refractivity contribution >= 4 is 28.8 Å². The van der Waals surface area contributed by atoms with E-state index in [0.717, 1.165) is 21.7 Å². The van der Waals surface area contributed by atoms with E-state index in [9.17, 15) is 4.79 Å². The number of aromatic amines is 1. The van der Waals surface area contributed by atoms with E-state index >= 15 is 0 Å². The van der Waals surface area contributed by atoms with Gasteiger partial charge in [-0.3, -0.25) is 9.89 Å². The molecule has 1 atom stereocenters. The summed E-state index contributed by atoms with van der Waals surface area (Å²) in [6.07, 6.45) is 0. The summed E-state index contributed by atoms with van der Waals surface area (Å²) >= 11 is 7.60. The van der Waals surface area contributed by atoms with Crippen LogP contribution < -0.4 is 0 Å². The van der Waals surface area contributed by atoms with E-state index in [1.54, 1.807) is 16.2 Å². The molecule has 1 aliphatic heterocycles. The third-order valence-corrected chi connectivity index (χ3v) is 5.11. The summed E-state index contributed by atoms with van der Waals surface area (Å²) in [4.78, 5) is 15.3. The minimum absolute atomic E-state index is 0.0267. The minimum atomic E-state index is -0.0908. The highest BCUT2D eigenvalue weighted by molar-refractivity contribution is 7.10. The summed E-state index contributed by atoms with van der Waals surface area (Å²) in [5, 5.41) is 9.97. The quantitative estimate of drug-likeness (QED) is 0.773. The first-order valence-electron chi connectivity index (χ1n) is 6.81. The molecule has 110 valence electrons. The van der Waals surface area contributed by atoms with Gasteiger partial charge in [0.25, 0.3) is 5.91 Å². The maximum Gasteiger partial charge on any atom is 0.272 e. The Morgan fingerprint density at radius 2 is 2.05 bits per heavy atom. The van der Waals surface area contributed by atoms with Crippen LogP contribution in [0, 0.1) is 0 Å². The highest BCUT2D eigenvalue weighted by atomic mass is 35.5. The van der Waals surface area contributed by atoms with Crippen molar-refractivity contribution in [2.24, 2.45) is 0 Å². The lowest BCUT2D eigenvalue weighted by Gasteiger charge is -2.20. The number of halogens is 1. The largest absolute Gasteiger partial charge is 0.328 e. The Hall–Kier alpha value is -2.11. The number of thiophene rings is 1. The number of carbonyl (C=O) groups is 1. The van der Waals surface area contributed by atoms with Gasteiger partial charge in [0.1, 0.15) is 5.69 Å². The van der Waals surface area contributed by atoms with Gasteiger partial charge in [-0.15, -0.1) is 11.3 Å². The van der Waals surface area contributed by atoms with Crippen LogP contribution in [0.2, 0.25) is 5.02 Å². The maximum atomic E-state index is 12.4. The van der Waals surface area contributed by atoms with E-state index in [4.69, 9.17) is 11.6 Å². The molecule has 1 amide bonds. The van der Waals surface area contributed by atoms with E-state index in [0.29, 0.717) is 10.7 Å². The zero-order valence-electron chi connectivity index (χ0n) is 11.7. The van der Waals surface area contributed by atoms with Crippen molar-refractivity contribution in [3.05, 3.63) is 62.9 Å². The van der Waals surface area contributed by atoms with E-state index in [2.05, 4.69) is 10.2 Å². The van der Waals surface area contributed by atoms with Crippen LogP contribution in [0.1, 0.15) is 27.0 Å². The lowest BCUT2D eigenvalue weighted by Crippen LogP contribution is -2.24. The second-order valence-electron chi connectivity index (χ2n) is 5.20. The number of H-pyrrole nitrogens is 1. The number of nitrogens with zero attached hydrogens (tertiary/aromatic N) is 2. The molecule has 0 saturated heterocycles. The van der Waals surface area contributed by atoms with Crippen LogP contribution in [0.4, 0.5) is 0 Å². The van der Waals surface area contributed by atoms with Crippen LogP contribution in [0.5, 0.6) is 0 Å². The number of fused-ring (bicyclic) bond motifs is 1. The van der Waals surface area contributed by atoms with Gasteiger partial charge in [-0.1, -0.05) is 29.8 Å². The topological polar surface area (TPSA) is 49.0 Å². The van der Waals surface area contributed by atoms with Crippen molar-refractivity contribution in [2.75, 3.05) is 7.05 Å². The van der Waals surface area contributed by atoms with Crippen LogP contribution in [0.3, 0.4) is 0 Å². The molecule has 4 nitrogen and oxygen atoms in total. The van der Waals surface area contributed by atoms with Crippen LogP contribution in [-0.4, -0.2) is 28.1 Å². The number of aromatic nitrogens is 2. The highest BCUT2D eigenvalue weighted by Gasteiger charge is 2.40. The van der Waals surface area contributed by atoms with Gasteiger partial charge in [-0.25, -0.2) is 0 Å². The van der Waals surface area contributed by atoms with Gasteiger partial charge in [0.15, 0.2) is 0 Å². The van der Waals surface area contributed by atoms with Crippen LogP contribution in [-0.2, 0) is 0 Å². The van der Waals surface area contributed by atoms with Gasteiger partial charge in [0.05, 0.1) is 11.7 Å². The van der Waals surface area contributed by atoms with Crippen molar-refractivity contribution in [3.63, 3.8) is 0 Å². The second-order valence-corrected chi connectivity index (χ2v) is 6.62. The molecule has 3 aromatic rings. The van der Waals surface area contributed by atoms with E-state index < -0.39 is 0 Å². The molecule has 0 aliphatic carbocycles. The standard InChI is InChI=1S/C16H12ClN3OS/c1-20-15(11-3-2-8-22-11)12-13(18-19-14(12)16(20)21)9-4-6-10(17)7-5-9/h2-8,15H,1H3,(H,18,19). The summed E-state index contributed by atoms with van der Waals surface area (Å²) < 4.78 is 0. The molecule has 1 aliphatic rings. The minimum Gasteiger partial charge on any atom is -0.328 e. The second kappa shape index (κ2) is 4.97. The maximum absolute atomic E-state index is 12.4. The average Bonchev–Trinajstić information content (AvgIpc) is 3.21. The molecule has 1 unspecified atom stereocenters. The van der Waals surface area contributed by atoms with Gasteiger partial charge >= 0.3 is 0 Å². The van der Waals surface area contributed by atoms with Crippen LogP contribution >= 0.6 is 22.9 Å². The van der Waals surface area contributed by atoms with Gasteiger partial charge in [0.2, 0.25) is 0 Å². The Bertz CT molecular complexity index is 839. The Kier molecular flexibility index (Phi) is 3.06. The Labute approximate surface area is 136 Å². The molecule has 0 bridgehead atoms. The molecule has 1 N–H and O–H groups in total. The van der Waals surface area contributed by atoms with Gasteiger partial charge in [0, 0.05) is 28.1 Å². The fourth-order valence-corrected chi connectivity index (χ4v) is 3.88. The molecule has 1 aromatic carbocycles. The van der Waals surface area contributed by atoms with E-state index in [1.807, 2.05) is 48.8 Å². The lowest BCUT2D eigenvalue weighted by atomic mass is 10.0. The molecule has 22 heavy (non-hydrogen) atoms. The number of amides is 1. The zero-order valence-corrected chi connectivity index (χ0v) is 13.3. The first-order valence-corrected chi connectivity index (χ1v) is 8.07. The number of rotatable bonds is 2. The number of nitrogens with one attached hydrogen (secondary N) is 1. The number of hydrogen-bond acceptors (Lipinski definition) is 3. The molecule has 4 rings (SSSR count). The summed E-state index contributed by atoms with van der Waals surface area (Å²) in [6, 6.07) is 11.5. The molecular formula is C16H12ClN3OS. The third kappa shape index (κ3) is 1.90. The van der Waals surface area contributed by atoms with Crippen molar-refractivity contribution in [1.29, 1.82) is 0 Å². The van der Waals surface area contributed by atoms with E-state index in [-0.39, 0.29) is 11.9 Å². The molecular weight excluding hydrogens is 318 g/mol. The molecule has 3 heterocycles. The third-order valence-electron chi connectivity index (χ3n) is 3.93. The zero-order chi connectivity index (χ0) is 15.3. The lowest BCUT2D eigenvalue weighted by molar-refractivity contribution is 0.0789. The highest BCUT2D eigenvalue weighted by Crippen LogP contribution is 2.43. The molecule has 0 spiro atoms. The fourth-order valence-electron chi connectivity index (χ4n) is 2.87. The SMILES string of the molecule is CN1C(=O)c2[nH]nc(-c3ccc(Cl)cc3)c2C1c1cccs1. The molecule has 2 aromatic heterocycles. The summed E-state index contributed by atoms with van der Waals surface area (Å²) in [6.45, 7) is 0. The summed E-state index contributed by atoms with van der Waals surface area (Å²) in [5.41, 5.74) is 3.28. The number of carbonyl (C=O) groups excluding carboxylic acids is 1. The Balaban J connectivity index is 1.90. The average molecular weight is 330 g/mol. The molecule has 0 fully saturated rings. The molecule has 0 saturated carbocycles. The Morgan fingerprint density at radius 1 is 1.27 bits per heavy atom. The summed E-state index contributed by atoms with van der Waals surface area (Å²) in [7, 11) is 1.83. The van der Waals surface area contributed by atoms with Gasteiger partial charge in [-0.2, -0.15) is 5.10 Å². The van der Waals surface area contributed by atoms with Gasteiger partial charge in [-0.05, 0) is 23.6 Å². The first-order chi connectivity index (χ1) is 10.7. The van der Waals surface area contributed by atoms with Crippen LogP contribution in [0.25, 0.3) is 11.3 Å². The van der Waals surface area contributed by atoms with Crippen molar-refractivity contribution < 1.29 is 4.79 Å². The first kappa shape index (κ1) is 13.5. The number of benzene rings is 1. The molecule has 6 heteroatoms. The molecule has 0 radical (unpaired) electrons.